The molecule has 1 aliphatic carbocycles. The molecule has 2 N–H and O–H groups in total. The molecule has 10 heavy (non-hydrogen) atoms. The Bertz CT molecular complexity index is 139. The lowest BCUT2D eigenvalue weighted by molar-refractivity contribution is -0.0519. The lowest BCUT2D eigenvalue weighted by atomic mass is 9.82. The predicted octanol–water partition coefficient (Wildman–Crippen LogP) is 0.178. The van der Waals surface area contributed by atoms with E-state index in [9.17, 15) is 4.21 Å². The minimum atomic E-state index is -1.21. The van der Waals surface area contributed by atoms with E-state index in [-0.39, 0.29) is 5.60 Å². The van der Waals surface area contributed by atoms with Gasteiger partial charge in [0.2, 0.25) is 0 Å². The fourth-order valence-electron chi connectivity index (χ4n) is 1.24. The molecule has 1 rings (SSSR count). The van der Waals surface area contributed by atoms with Crippen LogP contribution in [-0.2, 0) is 15.7 Å². The molecule has 0 aromatic carbocycles. The monoisotopic (exact) mass is 163 g/mol. The van der Waals surface area contributed by atoms with Gasteiger partial charge in [-0.2, -0.15) is 0 Å². The zero-order valence-corrected chi connectivity index (χ0v) is 6.95. The van der Waals surface area contributed by atoms with E-state index in [4.69, 9.17) is 9.88 Å². The minimum absolute atomic E-state index is 0.139. The van der Waals surface area contributed by atoms with Gasteiger partial charge < -0.3 is 4.74 Å². The van der Waals surface area contributed by atoms with E-state index in [2.05, 4.69) is 0 Å². The number of rotatable bonds is 3. The second-order valence-corrected chi connectivity index (χ2v) is 3.82. The van der Waals surface area contributed by atoms with Gasteiger partial charge in [0.1, 0.15) is 0 Å². The molecule has 0 saturated heterocycles. The van der Waals surface area contributed by atoms with Gasteiger partial charge in [-0.15, -0.1) is 0 Å². The molecule has 0 radical (unpaired) electrons. The second kappa shape index (κ2) is 2.98. The quantitative estimate of drug-likeness (QED) is 0.645. The van der Waals surface area contributed by atoms with Crippen molar-refractivity contribution in [2.24, 2.45) is 5.14 Å². The Hall–Kier alpha value is 0.0700. The summed E-state index contributed by atoms with van der Waals surface area (Å²) in [5, 5.41) is 5.16. The van der Waals surface area contributed by atoms with Gasteiger partial charge in [0.15, 0.2) is 0 Å². The average Bonchev–Trinajstić information content (AvgIpc) is 1.78. The second-order valence-electron chi connectivity index (χ2n) is 2.77. The van der Waals surface area contributed by atoms with Crippen molar-refractivity contribution in [1.29, 1.82) is 0 Å². The Labute approximate surface area is 63.5 Å². The molecule has 1 saturated carbocycles. The van der Waals surface area contributed by atoms with Crippen molar-refractivity contribution in [2.75, 3.05) is 12.9 Å². The van der Waals surface area contributed by atoms with Crippen LogP contribution in [0.2, 0.25) is 0 Å². The van der Waals surface area contributed by atoms with E-state index in [1.807, 2.05) is 0 Å². The van der Waals surface area contributed by atoms with E-state index < -0.39 is 11.0 Å². The van der Waals surface area contributed by atoms with Crippen molar-refractivity contribution in [2.45, 2.75) is 24.9 Å². The van der Waals surface area contributed by atoms with Crippen LogP contribution in [0.1, 0.15) is 19.3 Å². The summed E-state index contributed by atoms with van der Waals surface area (Å²) in [5.74, 6) is 0.490. The summed E-state index contributed by atoms with van der Waals surface area (Å²) in [6.45, 7) is 0. The molecule has 1 unspecified atom stereocenters. The van der Waals surface area contributed by atoms with Crippen LogP contribution < -0.4 is 5.14 Å². The number of hydrogen-bond acceptors (Lipinski definition) is 2. The first-order chi connectivity index (χ1) is 4.68. The summed E-state index contributed by atoms with van der Waals surface area (Å²) < 4.78 is 15.8. The van der Waals surface area contributed by atoms with Crippen LogP contribution in [0, 0.1) is 0 Å². The summed E-state index contributed by atoms with van der Waals surface area (Å²) in [4.78, 5) is 0. The highest BCUT2D eigenvalue weighted by atomic mass is 32.2. The van der Waals surface area contributed by atoms with Crippen LogP contribution in [0.25, 0.3) is 0 Å². The lowest BCUT2D eigenvalue weighted by Crippen LogP contribution is -2.45. The Balaban J connectivity index is 2.40. The minimum Gasteiger partial charge on any atom is -0.377 e. The van der Waals surface area contributed by atoms with Crippen molar-refractivity contribution in [3.05, 3.63) is 0 Å². The van der Waals surface area contributed by atoms with Gasteiger partial charge in [-0.3, -0.25) is 5.14 Å². The first kappa shape index (κ1) is 8.17. The molecule has 1 aliphatic rings. The molecule has 60 valence electrons. The molecule has 1 fully saturated rings. The van der Waals surface area contributed by atoms with Crippen LogP contribution in [-0.4, -0.2) is 22.7 Å². The van der Waals surface area contributed by atoms with Gasteiger partial charge >= 0.3 is 0 Å². The Morgan fingerprint density at radius 1 is 1.70 bits per heavy atom. The third-order valence-electron chi connectivity index (χ3n) is 2.10. The van der Waals surface area contributed by atoms with E-state index in [1.165, 1.54) is 6.42 Å². The summed E-state index contributed by atoms with van der Waals surface area (Å²) in [6, 6.07) is 0. The number of nitrogens with two attached hydrogens (primary N) is 1. The van der Waals surface area contributed by atoms with Crippen molar-refractivity contribution < 1.29 is 8.95 Å². The van der Waals surface area contributed by atoms with Crippen molar-refractivity contribution >= 4 is 11.0 Å². The zero-order chi connectivity index (χ0) is 7.61. The Morgan fingerprint density at radius 2 is 2.30 bits per heavy atom. The molecule has 4 heteroatoms. The topological polar surface area (TPSA) is 52.3 Å². The third-order valence-corrected chi connectivity index (χ3v) is 2.91. The maximum absolute atomic E-state index is 10.6. The molecule has 0 heterocycles. The summed E-state index contributed by atoms with van der Waals surface area (Å²) in [6.07, 6.45) is 3.18. The van der Waals surface area contributed by atoms with Gasteiger partial charge in [0.25, 0.3) is 0 Å². The van der Waals surface area contributed by atoms with E-state index in [0.717, 1.165) is 12.8 Å². The van der Waals surface area contributed by atoms with Gasteiger partial charge in [-0.05, 0) is 19.3 Å². The summed E-state index contributed by atoms with van der Waals surface area (Å²) >= 11 is 0. The molecule has 0 amide bonds. The summed E-state index contributed by atoms with van der Waals surface area (Å²) in [7, 11) is 0.450. The van der Waals surface area contributed by atoms with Crippen LogP contribution >= 0.6 is 0 Å². The largest absolute Gasteiger partial charge is 0.377 e. The molecular formula is C6H13NO2S. The highest BCUT2D eigenvalue weighted by molar-refractivity contribution is 7.82. The zero-order valence-electron chi connectivity index (χ0n) is 6.13. The van der Waals surface area contributed by atoms with Gasteiger partial charge in [-0.25, -0.2) is 4.21 Å². The Kier molecular flexibility index (Phi) is 2.44. The molecule has 0 aromatic rings. The number of methoxy groups -OCH3 is 1. The van der Waals surface area contributed by atoms with Crippen molar-refractivity contribution in [1.82, 2.24) is 0 Å². The fraction of sp³-hybridized carbons (Fsp3) is 1.00. The average molecular weight is 163 g/mol. The maximum atomic E-state index is 10.6. The molecule has 3 nitrogen and oxygen atoms in total. The predicted molar refractivity (Wildman–Crippen MR) is 40.8 cm³/mol. The van der Waals surface area contributed by atoms with E-state index in [1.54, 1.807) is 7.11 Å². The van der Waals surface area contributed by atoms with E-state index in [0.29, 0.717) is 5.75 Å². The van der Waals surface area contributed by atoms with Crippen LogP contribution in [0.15, 0.2) is 0 Å². The van der Waals surface area contributed by atoms with Crippen LogP contribution in [0.3, 0.4) is 0 Å². The highest BCUT2D eigenvalue weighted by Crippen LogP contribution is 2.35. The van der Waals surface area contributed by atoms with Gasteiger partial charge in [0.05, 0.1) is 22.3 Å². The number of hydrogen-bond donors (Lipinski definition) is 1. The molecule has 1 atom stereocenters. The lowest BCUT2D eigenvalue weighted by Gasteiger charge is -2.39. The SMILES string of the molecule is COC1(CS(N)=O)CCC1. The summed E-state index contributed by atoms with van der Waals surface area (Å²) in [5.41, 5.74) is -0.139. The van der Waals surface area contributed by atoms with Crippen molar-refractivity contribution in [3.8, 4) is 0 Å². The van der Waals surface area contributed by atoms with Gasteiger partial charge in [0, 0.05) is 7.11 Å². The van der Waals surface area contributed by atoms with Gasteiger partial charge in [-0.1, -0.05) is 0 Å². The first-order valence-electron chi connectivity index (χ1n) is 3.36. The highest BCUT2D eigenvalue weighted by Gasteiger charge is 2.37. The molecule has 0 bridgehead atoms. The fourth-order valence-corrected chi connectivity index (χ4v) is 2.16. The third kappa shape index (κ3) is 1.56. The van der Waals surface area contributed by atoms with Crippen LogP contribution in [0.4, 0.5) is 0 Å². The smallest absolute Gasteiger partial charge is 0.0917 e. The normalized spacial score (nSPS) is 25.4. The standard InChI is InChI=1S/C6H13NO2S/c1-9-6(3-2-4-6)5-10(7)8/h2-5,7H2,1H3. The first-order valence-corrected chi connectivity index (χ1v) is 4.75. The molecule has 0 aliphatic heterocycles. The van der Waals surface area contributed by atoms with E-state index >= 15 is 0 Å². The maximum Gasteiger partial charge on any atom is 0.0917 e. The molecule has 0 spiro atoms. The number of ether oxygens (including phenoxy) is 1. The molecular weight excluding hydrogens is 150 g/mol. The van der Waals surface area contributed by atoms with Crippen molar-refractivity contribution in [3.63, 3.8) is 0 Å². The molecule has 0 aromatic heterocycles. The van der Waals surface area contributed by atoms with Crippen LogP contribution in [0.5, 0.6) is 0 Å². The Morgan fingerprint density at radius 3 is 2.40 bits per heavy atom.